The van der Waals surface area contributed by atoms with Gasteiger partial charge >= 0.3 is 0 Å². The van der Waals surface area contributed by atoms with E-state index in [2.05, 4.69) is 21.7 Å². The molecule has 0 fully saturated rings. The summed E-state index contributed by atoms with van der Waals surface area (Å²) in [5.74, 6) is 2.43. The minimum atomic E-state index is 0.532. The van der Waals surface area contributed by atoms with E-state index in [0.29, 0.717) is 41.9 Å². The smallest absolute Gasteiger partial charge is 0.203 e. The maximum Gasteiger partial charge on any atom is 0.203 e. The lowest BCUT2D eigenvalue weighted by Gasteiger charge is -2.16. The lowest BCUT2D eigenvalue weighted by atomic mass is 10.1. The Hall–Kier alpha value is -3.40. The number of hydrogen-bond acceptors (Lipinski definition) is 5. The summed E-state index contributed by atoms with van der Waals surface area (Å²) in [6.07, 6.45) is 0. The highest BCUT2D eigenvalue weighted by Crippen LogP contribution is 2.38. The lowest BCUT2D eigenvalue weighted by molar-refractivity contribution is 0.323. The van der Waals surface area contributed by atoms with Crippen LogP contribution in [0.15, 0.2) is 41.4 Å². The summed E-state index contributed by atoms with van der Waals surface area (Å²) < 4.78 is 16.1. The molecule has 0 aliphatic heterocycles. The molecule has 0 amide bonds. The summed E-state index contributed by atoms with van der Waals surface area (Å²) in [5.41, 5.74) is 2.67. The quantitative estimate of drug-likeness (QED) is 0.577. The van der Waals surface area contributed by atoms with E-state index < -0.39 is 0 Å². The number of nitriles is 1. The van der Waals surface area contributed by atoms with Crippen molar-refractivity contribution in [3.63, 3.8) is 0 Å². The zero-order chi connectivity index (χ0) is 19.6. The molecule has 0 spiro atoms. The molecule has 0 atom stereocenters. The third-order valence-electron chi connectivity index (χ3n) is 3.95. The monoisotopic (exact) mass is 368 g/mol. The van der Waals surface area contributed by atoms with Crippen molar-refractivity contribution in [2.75, 3.05) is 28.4 Å². The van der Waals surface area contributed by atoms with Crippen molar-refractivity contribution in [2.45, 2.75) is 13.1 Å². The standard InChI is InChI=1S/C20H24N4O3/c1-22-20(23-12-15-7-5-14(11-21)6-8-15)24-13-16-9-17(25-2)19(27-4)18(10-16)26-3/h5-10H,12-13H2,1-4H3,(H2,22,23,24). The van der Waals surface area contributed by atoms with Gasteiger partial charge in [-0.3, -0.25) is 4.99 Å². The summed E-state index contributed by atoms with van der Waals surface area (Å²) in [5, 5.41) is 15.3. The molecule has 0 heterocycles. The highest BCUT2D eigenvalue weighted by Gasteiger charge is 2.13. The number of rotatable bonds is 7. The number of aliphatic imine (C=N–C) groups is 1. The van der Waals surface area contributed by atoms with Crippen molar-refractivity contribution >= 4 is 5.96 Å². The third kappa shape index (κ3) is 5.28. The second-order valence-corrected chi connectivity index (χ2v) is 5.62. The molecule has 142 valence electrons. The van der Waals surface area contributed by atoms with Gasteiger partial charge in [0.1, 0.15) is 0 Å². The van der Waals surface area contributed by atoms with Crippen LogP contribution in [0.1, 0.15) is 16.7 Å². The first kappa shape index (κ1) is 19.9. The second-order valence-electron chi connectivity index (χ2n) is 5.62. The molecular weight excluding hydrogens is 344 g/mol. The first-order valence-corrected chi connectivity index (χ1v) is 8.37. The van der Waals surface area contributed by atoms with Crippen LogP contribution in [-0.4, -0.2) is 34.3 Å². The highest BCUT2D eigenvalue weighted by atomic mass is 16.5. The van der Waals surface area contributed by atoms with Gasteiger partial charge in [0, 0.05) is 20.1 Å². The fraction of sp³-hybridized carbons (Fsp3) is 0.300. The van der Waals surface area contributed by atoms with Crippen LogP contribution in [0.4, 0.5) is 0 Å². The third-order valence-corrected chi connectivity index (χ3v) is 3.95. The molecule has 0 aromatic heterocycles. The molecule has 27 heavy (non-hydrogen) atoms. The first-order valence-electron chi connectivity index (χ1n) is 8.37. The number of ether oxygens (including phenoxy) is 3. The number of methoxy groups -OCH3 is 3. The van der Waals surface area contributed by atoms with Crippen LogP contribution in [0, 0.1) is 11.3 Å². The molecule has 0 aliphatic rings. The van der Waals surface area contributed by atoms with Crippen molar-refractivity contribution in [3.05, 3.63) is 53.1 Å². The summed E-state index contributed by atoms with van der Waals surface area (Å²) in [7, 11) is 6.47. The van der Waals surface area contributed by atoms with Gasteiger partial charge in [-0.2, -0.15) is 5.26 Å². The Labute approximate surface area is 159 Å². The Kier molecular flexibility index (Phi) is 7.32. The summed E-state index contributed by atoms with van der Waals surface area (Å²) in [6, 6.07) is 13.3. The second kappa shape index (κ2) is 9.92. The molecule has 7 heteroatoms. The van der Waals surface area contributed by atoms with Gasteiger partial charge in [0.05, 0.1) is 33.0 Å². The molecule has 2 aromatic rings. The summed E-state index contributed by atoms with van der Waals surface area (Å²) in [6.45, 7) is 1.13. The van der Waals surface area contributed by atoms with E-state index in [1.165, 1.54) is 0 Å². The zero-order valence-electron chi connectivity index (χ0n) is 16.0. The van der Waals surface area contributed by atoms with Crippen LogP contribution >= 0.6 is 0 Å². The molecule has 0 unspecified atom stereocenters. The minimum Gasteiger partial charge on any atom is -0.493 e. The van der Waals surface area contributed by atoms with Gasteiger partial charge in [-0.05, 0) is 35.4 Å². The summed E-state index contributed by atoms with van der Waals surface area (Å²) in [4.78, 5) is 4.23. The molecule has 7 nitrogen and oxygen atoms in total. The summed E-state index contributed by atoms with van der Waals surface area (Å²) >= 11 is 0. The minimum absolute atomic E-state index is 0.532. The van der Waals surface area contributed by atoms with E-state index >= 15 is 0 Å². The molecule has 2 rings (SSSR count). The maximum absolute atomic E-state index is 8.85. The SMILES string of the molecule is CN=C(NCc1ccc(C#N)cc1)NCc1cc(OC)c(OC)c(OC)c1. The molecule has 0 radical (unpaired) electrons. The van der Waals surface area contributed by atoms with Crippen LogP contribution < -0.4 is 24.8 Å². The average molecular weight is 368 g/mol. The normalized spacial score (nSPS) is 10.7. The molecule has 2 N–H and O–H groups in total. The first-order chi connectivity index (χ1) is 13.1. The fourth-order valence-corrected chi connectivity index (χ4v) is 2.53. The van der Waals surface area contributed by atoms with Gasteiger partial charge in [0.15, 0.2) is 17.5 Å². The number of nitrogens with one attached hydrogen (secondary N) is 2. The molecule has 2 aromatic carbocycles. The predicted molar refractivity (Wildman–Crippen MR) is 104 cm³/mol. The van der Waals surface area contributed by atoms with Gasteiger partial charge in [-0.15, -0.1) is 0 Å². The van der Waals surface area contributed by atoms with E-state index in [1.807, 2.05) is 24.3 Å². The Morgan fingerprint density at radius 3 is 1.93 bits per heavy atom. The van der Waals surface area contributed by atoms with Gasteiger partial charge in [-0.25, -0.2) is 0 Å². The van der Waals surface area contributed by atoms with Gasteiger partial charge in [0.2, 0.25) is 5.75 Å². The Morgan fingerprint density at radius 1 is 0.926 bits per heavy atom. The van der Waals surface area contributed by atoms with Crippen molar-refractivity contribution in [1.29, 1.82) is 5.26 Å². The van der Waals surface area contributed by atoms with Crippen molar-refractivity contribution < 1.29 is 14.2 Å². The van der Waals surface area contributed by atoms with Crippen LogP contribution in [-0.2, 0) is 13.1 Å². The van der Waals surface area contributed by atoms with Crippen molar-refractivity contribution in [1.82, 2.24) is 10.6 Å². The highest BCUT2D eigenvalue weighted by molar-refractivity contribution is 5.79. The van der Waals surface area contributed by atoms with Gasteiger partial charge < -0.3 is 24.8 Å². The van der Waals surface area contributed by atoms with E-state index in [1.54, 1.807) is 40.5 Å². The van der Waals surface area contributed by atoms with E-state index in [0.717, 1.165) is 11.1 Å². The zero-order valence-corrected chi connectivity index (χ0v) is 16.0. The van der Waals surface area contributed by atoms with Crippen LogP contribution in [0.5, 0.6) is 17.2 Å². The van der Waals surface area contributed by atoms with Crippen LogP contribution in [0.3, 0.4) is 0 Å². The van der Waals surface area contributed by atoms with E-state index in [9.17, 15) is 0 Å². The molecule has 0 saturated heterocycles. The number of guanidine groups is 1. The Balaban J connectivity index is 2.00. The van der Waals surface area contributed by atoms with Crippen LogP contribution in [0.25, 0.3) is 0 Å². The molecular formula is C20H24N4O3. The lowest BCUT2D eigenvalue weighted by Crippen LogP contribution is -2.36. The molecule has 0 saturated carbocycles. The number of benzene rings is 2. The maximum atomic E-state index is 8.85. The van der Waals surface area contributed by atoms with Gasteiger partial charge in [-0.1, -0.05) is 12.1 Å². The van der Waals surface area contributed by atoms with E-state index in [4.69, 9.17) is 19.5 Å². The topological polar surface area (TPSA) is 87.9 Å². The molecule has 0 bridgehead atoms. The number of nitrogens with zero attached hydrogens (tertiary/aromatic N) is 2. The predicted octanol–water partition coefficient (Wildman–Crippen LogP) is 2.45. The largest absolute Gasteiger partial charge is 0.493 e. The molecule has 0 aliphatic carbocycles. The van der Waals surface area contributed by atoms with Crippen LogP contribution in [0.2, 0.25) is 0 Å². The van der Waals surface area contributed by atoms with Gasteiger partial charge in [0.25, 0.3) is 0 Å². The average Bonchev–Trinajstić information content (AvgIpc) is 2.73. The van der Waals surface area contributed by atoms with Crippen molar-refractivity contribution in [3.8, 4) is 23.3 Å². The van der Waals surface area contributed by atoms with E-state index in [-0.39, 0.29) is 0 Å². The van der Waals surface area contributed by atoms with Crippen molar-refractivity contribution in [2.24, 2.45) is 4.99 Å². The Bertz CT molecular complexity index is 801. The fourth-order valence-electron chi connectivity index (χ4n) is 2.53. The Morgan fingerprint density at radius 2 is 1.48 bits per heavy atom. The number of hydrogen-bond donors (Lipinski definition) is 2.